The number of hydrogen-bond acceptors (Lipinski definition) is 3. The van der Waals surface area contributed by atoms with E-state index in [1.165, 1.54) is 24.9 Å². The van der Waals surface area contributed by atoms with E-state index < -0.39 is 0 Å². The van der Waals surface area contributed by atoms with Crippen LogP contribution in [-0.2, 0) is 0 Å². The van der Waals surface area contributed by atoms with Crippen molar-refractivity contribution in [1.82, 2.24) is 10.2 Å². The van der Waals surface area contributed by atoms with Gasteiger partial charge in [-0.3, -0.25) is 4.90 Å². The summed E-state index contributed by atoms with van der Waals surface area (Å²) < 4.78 is 5.82. The lowest BCUT2D eigenvalue weighted by atomic mass is 10.2. The highest BCUT2D eigenvalue weighted by Crippen LogP contribution is 2.12. The van der Waals surface area contributed by atoms with Crippen molar-refractivity contribution in [2.24, 2.45) is 0 Å². The molecule has 1 aromatic carbocycles. The summed E-state index contributed by atoms with van der Waals surface area (Å²) in [6.45, 7) is 9.51. The summed E-state index contributed by atoms with van der Waals surface area (Å²) in [6.07, 6.45) is 2.64. The minimum absolute atomic E-state index is 0.680. The lowest BCUT2D eigenvalue weighted by molar-refractivity contribution is 0.203. The third-order valence-corrected chi connectivity index (χ3v) is 3.75. The molecule has 0 bridgehead atoms. The molecule has 0 radical (unpaired) electrons. The molecular formula is C16H26N2O. The number of benzene rings is 1. The lowest BCUT2D eigenvalue weighted by Crippen LogP contribution is -2.39. The van der Waals surface area contributed by atoms with Crippen LogP contribution in [-0.4, -0.2) is 43.7 Å². The van der Waals surface area contributed by atoms with Crippen LogP contribution in [0.1, 0.15) is 25.3 Å². The Hall–Kier alpha value is -1.06. The zero-order valence-electron chi connectivity index (χ0n) is 12.2. The van der Waals surface area contributed by atoms with Gasteiger partial charge >= 0.3 is 0 Å². The molecule has 1 fully saturated rings. The van der Waals surface area contributed by atoms with E-state index in [2.05, 4.69) is 36.2 Å². The number of ether oxygens (including phenoxy) is 1. The quantitative estimate of drug-likeness (QED) is 0.817. The zero-order valence-corrected chi connectivity index (χ0v) is 12.2. The Labute approximate surface area is 116 Å². The van der Waals surface area contributed by atoms with Gasteiger partial charge in [-0.2, -0.15) is 0 Å². The molecule has 1 N–H and O–H groups in total. The van der Waals surface area contributed by atoms with Gasteiger partial charge in [-0.15, -0.1) is 0 Å². The number of nitrogens with zero attached hydrogens (tertiary/aromatic N) is 1. The van der Waals surface area contributed by atoms with E-state index in [9.17, 15) is 0 Å². The molecule has 2 rings (SSSR count). The Morgan fingerprint density at radius 3 is 3.00 bits per heavy atom. The van der Waals surface area contributed by atoms with Gasteiger partial charge in [0.1, 0.15) is 12.4 Å². The van der Waals surface area contributed by atoms with Crippen LogP contribution < -0.4 is 10.1 Å². The highest BCUT2D eigenvalue weighted by molar-refractivity contribution is 5.27. The molecule has 0 spiro atoms. The largest absolute Gasteiger partial charge is 0.492 e. The zero-order chi connectivity index (χ0) is 13.5. The first-order chi connectivity index (χ1) is 9.28. The number of nitrogens with one attached hydrogen (secondary N) is 1. The second kappa shape index (κ2) is 7.51. The molecule has 1 atom stereocenters. The summed E-state index contributed by atoms with van der Waals surface area (Å²) in [4.78, 5) is 2.47. The normalized spacial score (nSPS) is 19.0. The lowest BCUT2D eigenvalue weighted by Gasteiger charge is -2.24. The average Bonchev–Trinajstić information content (AvgIpc) is 2.90. The first kappa shape index (κ1) is 14.4. The molecule has 3 heteroatoms. The number of rotatable bonds is 7. The minimum Gasteiger partial charge on any atom is -0.492 e. The molecule has 1 heterocycles. The third kappa shape index (κ3) is 4.84. The maximum absolute atomic E-state index is 5.82. The first-order valence-corrected chi connectivity index (χ1v) is 7.43. The van der Waals surface area contributed by atoms with Crippen LogP contribution in [0.5, 0.6) is 5.75 Å². The van der Waals surface area contributed by atoms with Crippen LogP contribution in [0.15, 0.2) is 24.3 Å². The second-order valence-corrected chi connectivity index (χ2v) is 5.35. The van der Waals surface area contributed by atoms with Crippen LogP contribution >= 0.6 is 0 Å². The minimum atomic E-state index is 0.680. The summed E-state index contributed by atoms with van der Waals surface area (Å²) in [7, 11) is 0. The topological polar surface area (TPSA) is 24.5 Å². The van der Waals surface area contributed by atoms with Crippen molar-refractivity contribution in [3.05, 3.63) is 29.8 Å². The molecule has 1 aliphatic heterocycles. The van der Waals surface area contributed by atoms with Crippen molar-refractivity contribution < 1.29 is 4.74 Å². The van der Waals surface area contributed by atoms with Gasteiger partial charge in [-0.1, -0.05) is 19.1 Å². The van der Waals surface area contributed by atoms with Crippen molar-refractivity contribution in [3.63, 3.8) is 0 Å². The predicted octanol–water partition coefficient (Wildman–Crippen LogP) is 2.45. The smallest absolute Gasteiger partial charge is 0.119 e. The maximum atomic E-state index is 5.82. The molecule has 1 aromatic rings. The Kier molecular flexibility index (Phi) is 5.67. The van der Waals surface area contributed by atoms with Gasteiger partial charge in [0.05, 0.1) is 0 Å². The standard InChI is InChI=1S/C16H26N2O/c1-3-18(13-15-7-5-9-17-15)10-11-19-16-8-4-6-14(2)12-16/h4,6,8,12,15,17H,3,5,7,9-11,13H2,1-2H3. The molecule has 1 unspecified atom stereocenters. The van der Waals surface area contributed by atoms with E-state index in [1.54, 1.807) is 0 Å². The van der Waals surface area contributed by atoms with E-state index in [1.807, 2.05) is 12.1 Å². The van der Waals surface area contributed by atoms with Crippen molar-refractivity contribution in [1.29, 1.82) is 0 Å². The van der Waals surface area contributed by atoms with Gasteiger partial charge in [0, 0.05) is 19.1 Å². The van der Waals surface area contributed by atoms with Crippen molar-refractivity contribution in [3.8, 4) is 5.75 Å². The van der Waals surface area contributed by atoms with E-state index in [0.717, 1.165) is 32.0 Å². The molecule has 3 nitrogen and oxygen atoms in total. The van der Waals surface area contributed by atoms with E-state index in [-0.39, 0.29) is 0 Å². The summed E-state index contributed by atoms with van der Waals surface area (Å²) in [5.41, 5.74) is 1.25. The summed E-state index contributed by atoms with van der Waals surface area (Å²) >= 11 is 0. The Balaban J connectivity index is 1.70. The molecule has 0 amide bonds. The summed E-state index contributed by atoms with van der Waals surface area (Å²) in [5.74, 6) is 0.982. The number of aryl methyl sites for hydroxylation is 1. The van der Waals surface area contributed by atoms with Gasteiger partial charge in [0.15, 0.2) is 0 Å². The fourth-order valence-electron chi connectivity index (χ4n) is 2.60. The van der Waals surface area contributed by atoms with Crippen LogP contribution in [0.25, 0.3) is 0 Å². The molecule has 0 aliphatic carbocycles. The van der Waals surface area contributed by atoms with Gasteiger partial charge in [0.2, 0.25) is 0 Å². The molecule has 1 saturated heterocycles. The van der Waals surface area contributed by atoms with E-state index in [0.29, 0.717) is 6.04 Å². The molecule has 106 valence electrons. The van der Waals surface area contributed by atoms with Crippen molar-refractivity contribution in [2.75, 3.05) is 32.8 Å². The molecule has 1 aliphatic rings. The fourth-order valence-corrected chi connectivity index (χ4v) is 2.60. The molecule has 0 aromatic heterocycles. The highest BCUT2D eigenvalue weighted by Gasteiger charge is 2.16. The number of hydrogen-bond donors (Lipinski definition) is 1. The van der Waals surface area contributed by atoms with Crippen LogP contribution in [0.4, 0.5) is 0 Å². The van der Waals surface area contributed by atoms with E-state index >= 15 is 0 Å². The van der Waals surface area contributed by atoms with Gasteiger partial charge in [-0.25, -0.2) is 0 Å². The first-order valence-electron chi connectivity index (χ1n) is 7.43. The Morgan fingerprint density at radius 1 is 1.42 bits per heavy atom. The summed E-state index contributed by atoms with van der Waals surface area (Å²) in [6, 6.07) is 8.94. The third-order valence-electron chi connectivity index (χ3n) is 3.75. The average molecular weight is 262 g/mol. The molecule has 0 saturated carbocycles. The van der Waals surface area contributed by atoms with Gasteiger partial charge in [0.25, 0.3) is 0 Å². The molecular weight excluding hydrogens is 236 g/mol. The van der Waals surface area contributed by atoms with Crippen molar-refractivity contribution >= 4 is 0 Å². The monoisotopic (exact) mass is 262 g/mol. The summed E-state index contributed by atoms with van der Waals surface area (Å²) in [5, 5.41) is 3.55. The van der Waals surface area contributed by atoms with Crippen LogP contribution in [0, 0.1) is 6.92 Å². The highest BCUT2D eigenvalue weighted by atomic mass is 16.5. The van der Waals surface area contributed by atoms with Gasteiger partial charge < -0.3 is 10.1 Å². The Bertz CT molecular complexity index is 375. The Morgan fingerprint density at radius 2 is 2.32 bits per heavy atom. The van der Waals surface area contributed by atoms with E-state index in [4.69, 9.17) is 4.74 Å². The number of likely N-dealkylation sites (N-methyl/N-ethyl adjacent to an activating group) is 1. The SMILES string of the molecule is CCN(CCOc1cccc(C)c1)CC1CCCN1. The molecule has 19 heavy (non-hydrogen) atoms. The second-order valence-electron chi connectivity index (χ2n) is 5.35. The van der Waals surface area contributed by atoms with Crippen LogP contribution in [0.2, 0.25) is 0 Å². The fraction of sp³-hybridized carbons (Fsp3) is 0.625. The predicted molar refractivity (Wildman–Crippen MR) is 79.8 cm³/mol. The van der Waals surface area contributed by atoms with Crippen LogP contribution in [0.3, 0.4) is 0 Å². The van der Waals surface area contributed by atoms with Crippen molar-refractivity contribution in [2.45, 2.75) is 32.7 Å². The van der Waals surface area contributed by atoms with Gasteiger partial charge in [-0.05, 0) is 50.6 Å². The maximum Gasteiger partial charge on any atom is 0.119 e.